The maximum absolute atomic E-state index is 13.2. The van der Waals surface area contributed by atoms with E-state index < -0.39 is 5.97 Å². The highest BCUT2D eigenvalue weighted by Gasteiger charge is 2.15. The Morgan fingerprint density at radius 2 is 1.68 bits per heavy atom. The number of pyridine rings is 1. The molecule has 0 spiro atoms. The van der Waals surface area contributed by atoms with E-state index in [1.54, 1.807) is 30.5 Å². The maximum Gasteiger partial charge on any atom is 0.335 e. The summed E-state index contributed by atoms with van der Waals surface area (Å²) in [5, 5.41) is 14.3. The molecule has 0 aliphatic carbocycles. The molecule has 5 aromatic rings. The Balaban J connectivity index is 1.43. The minimum atomic E-state index is -0.979. The molecule has 37 heavy (non-hydrogen) atoms. The second-order valence-electron chi connectivity index (χ2n) is 8.65. The van der Waals surface area contributed by atoms with Gasteiger partial charge in [0.25, 0.3) is 5.91 Å². The predicted octanol–water partition coefficient (Wildman–Crippen LogP) is 5.77. The van der Waals surface area contributed by atoms with E-state index in [-0.39, 0.29) is 11.5 Å². The first-order valence-electron chi connectivity index (χ1n) is 11.7. The van der Waals surface area contributed by atoms with E-state index in [0.29, 0.717) is 11.3 Å². The Morgan fingerprint density at radius 1 is 0.919 bits per heavy atom. The van der Waals surface area contributed by atoms with Crippen molar-refractivity contribution in [3.05, 3.63) is 119 Å². The van der Waals surface area contributed by atoms with Crippen LogP contribution in [-0.4, -0.2) is 32.7 Å². The Hall–Kier alpha value is -5.04. The molecule has 0 bridgehead atoms. The number of nitrogens with one attached hydrogen (secondary N) is 1. The van der Waals surface area contributed by atoms with E-state index in [2.05, 4.69) is 10.5 Å². The quantitative estimate of drug-likeness (QED) is 0.234. The summed E-state index contributed by atoms with van der Waals surface area (Å²) in [5.41, 5.74) is 9.05. The Kier molecular flexibility index (Phi) is 6.34. The zero-order chi connectivity index (χ0) is 25.9. The molecule has 0 unspecified atom stereocenters. The number of para-hydroxylation sites is 1. The number of aromatic carboxylic acids is 1. The number of hydrazone groups is 1. The number of carbonyl (C=O) groups is 2. The van der Waals surface area contributed by atoms with Crippen molar-refractivity contribution >= 4 is 29.0 Å². The number of aromatic nitrogens is 2. The lowest BCUT2D eigenvalue weighted by atomic mass is 10.0. The Labute approximate surface area is 213 Å². The second-order valence-corrected chi connectivity index (χ2v) is 8.65. The van der Waals surface area contributed by atoms with Crippen LogP contribution in [0, 0.1) is 13.8 Å². The van der Waals surface area contributed by atoms with Crippen LogP contribution >= 0.6 is 0 Å². The maximum atomic E-state index is 13.2. The van der Waals surface area contributed by atoms with Gasteiger partial charge in [0.05, 0.1) is 28.6 Å². The summed E-state index contributed by atoms with van der Waals surface area (Å²) in [5.74, 6) is -1.32. The summed E-state index contributed by atoms with van der Waals surface area (Å²) < 4.78 is 1.96. The molecular weight excluding hydrogens is 464 g/mol. The number of carbonyl (C=O) groups excluding carboxylic acids is 1. The van der Waals surface area contributed by atoms with Gasteiger partial charge in [0, 0.05) is 33.6 Å². The third-order valence-corrected chi connectivity index (χ3v) is 6.22. The van der Waals surface area contributed by atoms with E-state index in [1.165, 1.54) is 0 Å². The molecule has 0 saturated heterocycles. The molecule has 2 heterocycles. The summed E-state index contributed by atoms with van der Waals surface area (Å²) in [6.07, 6.45) is 1.60. The molecule has 0 radical (unpaired) electrons. The van der Waals surface area contributed by atoms with Gasteiger partial charge in [-0.1, -0.05) is 54.6 Å². The molecule has 0 fully saturated rings. The monoisotopic (exact) mass is 488 g/mol. The first kappa shape index (κ1) is 23.7. The van der Waals surface area contributed by atoms with Crippen LogP contribution in [0.25, 0.3) is 27.8 Å². The smallest absolute Gasteiger partial charge is 0.335 e. The van der Waals surface area contributed by atoms with Gasteiger partial charge in [-0.2, -0.15) is 5.10 Å². The lowest BCUT2D eigenvalue weighted by Crippen LogP contribution is -2.18. The van der Waals surface area contributed by atoms with Crippen molar-refractivity contribution in [2.75, 3.05) is 0 Å². The van der Waals surface area contributed by atoms with Crippen molar-refractivity contribution in [1.82, 2.24) is 15.0 Å². The zero-order valence-corrected chi connectivity index (χ0v) is 20.3. The minimum absolute atomic E-state index is 0.215. The summed E-state index contributed by atoms with van der Waals surface area (Å²) in [7, 11) is 0. The van der Waals surface area contributed by atoms with Gasteiger partial charge in [-0.05, 0) is 50.2 Å². The molecule has 0 saturated carbocycles. The molecule has 7 heteroatoms. The topological polar surface area (TPSA) is 96.6 Å². The number of amides is 1. The average molecular weight is 489 g/mol. The molecule has 1 amide bonds. The number of hydrogen-bond acceptors (Lipinski definition) is 4. The number of carboxylic acid groups (broad SMARTS) is 1. The minimum Gasteiger partial charge on any atom is -0.478 e. The number of rotatable bonds is 6. The van der Waals surface area contributed by atoms with Crippen molar-refractivity contribution in [2.45, 2.75) is 13.8 Å². The van der Waals surface area contributed by atoms with E-state index in [9.17, 15) is 14.7 Å². The molecule has 182 valence electrons. The van der Waals surface area contributed by atoms with Crippen molar-refractivity contribution in [3.63, 3.8) is 0 Å². The molecule has 2 N–H and O–H groups in total. The highest BCUT2D eigenvalue weighted by Crippen LogP contribution is 2.25. The number of carboxylic acids is 1. The second kappa shape index (κ2) is 9.91. The van der Waals surface area contributed by atoms with Gasteiger partial charge in [0.1, 0.15) is 0 Å². The standard InChI is InChI=1S/C30H24N4O3/c1-19-15-23(20(2)34(19)24-12-8-11-22(16-24)30(36)37)18-31-33-29(35)26-17-28(21-9-4-3-5-10-21)32-27-14-7-6-13-25(26)27/h3-18H,1-2H3,(H,33,35)(H,36,37)/b31-18+. The lowest BCUT2D eigenvalue weighted by molar-refractivity contribution is 0.0696. The Morgan fingerprint density at radius 3 is 2.46 bits per heavy atom. The van der Waals surface area contributed by atoms with Crippen LogP contribution in [0.1, 0.15) is 37.7 Å². The van der Waals surface area contributed by atoms with Crippen LogP contribution in [0.4, 0.5) is 0 Å². The molecule has 5 rings (SSSR count). The fourth-order valence-corrected chi connectivity index (χ4v) is 4.43. The Bertz CT molecular complexity index is 1670. The van der Waals surface area contributed by atoms with Gasteiger partial charge in [-0.25, -0.2) is 15.2 Å². The lowest BCUT2D eigenvalue weighted by Gasteiger charge is -2.10. The van der Waals surface area contributed by atoms with E-state index >= 15 is 0 Å². The summed E-state index contributed by atoms with van der Waals surface area (Å²) in [6, 6.07) is 27.7. The molecule has 7 nitrogen and oxygen atoms in total. The number of aryl methyl sites for hydroxylation is 1. The van der Waals surface area contributed by atoms with Crippen LogP contribution in [-0.2, 0) is 0 Å². The fourth-order valence-electron chi connectivity index (χ4n) is 4.43. The third-order valence-electron chi connectivity index (χ3n) is 6.22. The molecule has 2 aromatic heterocycles. The average Bonchev–Trinajstić information content (AvgIpc) is 3.20. The van der Waals surface area contributed by atoms with Gasteiger partial charge in [0.2, 0.25) is 0 Å². The zero-order valence-electron chi connectivity index (χ0n) is 20.3. The predicted molar refractivity (Wildman–Crippen MR) is 144 cm³/mol. The van der Waals surface area contributed by atoms with E-state index in [4.69, 9.17) is 4.98 Å². The SMILES string of the molecule is Cc1cc(/C=N/NC(=O)c2cc(-c3ccccc3)nc3ccccc23)c(C)n1-c1cccc(C(=O)O)c1. The van der Waals surface area contributed by atoms with Gasteiger partial charge >= 0.3 is 5.97 Å². The highest BCUT2D eigenvalue weighted by atomic mass is 16.4. The van der Waals surface area contributed by atoms with Crippen LogP contribution in [0.5, 0.6) is 0 Å². The van der Waals surface area contributed by atoms with Gasteiger partial charge < -0.3 is 9.67 Å². The normalized spacial score (nSPS) is 11.2. The molecule has 0 aliphatic rings. The fraction of sp³-hybridized carbons (Fsp3) is 0.0667. The molecular formula is C30H24N4O3. The van der Waals surface area contributed by atoms with Gasteiger partial charge in [-0.15, -0.1) is 0 Å². The number of fused-ring (bicyclic) bond motifs is 1. The summed E-state index contributed by atoms with van der Waals surface area (Å²) >= 11 is 0. The summed E-state index contributed by atoms with van der Waals surface area (Å²) in [6.45, 7) is 3.86. The summed E-state index contributed by atoms with van der Waals surface area (Å²) in [4.78, 5) is 29.3. The molecule has 3 aromatic carbocycles. The van der Waals surface area contributed by atoms with Gasteiger partial charge in [0.15, 0.2) is 0 Å². The van der Waals surface area contributed by atoms with Gasteiger partial charge in [-0.3, -0.25) is 4.79 Å². The van der Waals surface area contributed by atoms with Crippen molar-refractivity contribution < 1.29 is 14.7 Å². The number of nitrogens with zero attached hydrogens (tertiary/aromatic N) is 3. The van der Waals surface area contributed by atoms with Crippen LogP contribution in [0.3, 0.4) is 0 Å². The first-order valence-corrected chi connectivity index (χ1v) is 11.7. The number of benzene rings is 3. The third kappa shape index (κ3) is 4.75. The highest BCUT2D eigenvalue weighted by molar-refractivity contribution is 6.07. The van der Waals surface area contributed by atoms with Crippen molar-refractivity contribution in [3.8, 4) is 16.9 Å². The van der Waals surface area contributed by atoms with E-state index in [0.717, 1.165) is 39.1 Å². The largest absolute Gasteiger partial charge is 0.478 e. The first-order chi connectivity index (χ1) is 17.9. The van der Waals surface area contributed by atoms with Crippen LogP contribution in [0.2, 0.25) is 0 Å². The molecule has 0 aliphatic heterocycles. The van der Waals surface area contributed by atoms with Crippen LogP contribution < -0.4 is 5.43 Å². The van der Waals surface area contributed by atoms with Crippen molar-refractivity contribution in [2.24, 2.45) is 5.10 Å². The molecule has 0 atom stereocenters. The van der Waals surface area contributed by atoms with E-state index in [1.807, 2.05) is 85.1 Å². The number of hydrogen-bond donors (Lipinski definition) is 2. The van der Waals surface area contributed by atoms with Crippen LogP contribution in [0.15, 0.2) is 96.1 Å². The van der Waals surface area contributed by atoms with Crippen molar-refractivity contribution in [1.29, 1.82) is 0 Å².